The van der Waals surface area contributed by atoms with E-state index in [2.05, 4.69) is 24.4 Å². The predicted octanol–water partition coefficient (Wildman–Crippen LogP) is 2.94. The number of aliphatic hydroxyl groups is 2. The molecule has 2 aliphatic rings. The standard InChI is InChI=1S/C20H31NO5S/c1-13-5-3-4-6-14(2)9-19(24)26-16(10-15(22)8-7-13)11-18(23)17-12-27-20(25)21-17/h3,5,9,13,15-18,22-23H,4,6-8,10-12H2,1-2H3,(H,21,25)/b5-3+,14-9+/t13-,15+,16-,17+,18+/m1/s1. The molecule has 3 N–H and O–H groups in total. The van der Waals surface area contributed by atoms with E-state index >= 15 is 0 Å². The lowest BCUT2D eigenvalue weighted by Gasteiger charge is -2.25. The zero-order valence-corrected chi connectivity index (χ0v) is 16.9. The van der Waals surface area contributed by atoms with E-state index in [0.717, 1.165) is 36.6 Å². The molecule has 0 aromatic carbocycles. The number of aliphatic hydroxyl groups excluding tert-OH is 2. The Hall–Kier alpha value is -1.31. The van der Waals surface area contributed by atoms with Crippen molar-refractivity contribution in [1.29, 1.82) is 0 Å². The number of hydrogen-bond acceptors (Lipinski definition) is 6. The summed E-state index contributed by atoms with van der Waals surface area (Å²) < 4.78 is 5.55. The minimum atomic E-state index is -0.820. The smallest absolute Gasteiger partial charge is 0.330 e. The molecule has 7 heteroatoms. The minimum Gasteiger partial charge on any atom is -0.459 e. The van der Waals surface area contributed by atoms with E-state index in [1.54, 1.807) is 0 Å². The van der Waals surface area contributed by atoms with E-state index < -0.39 is 24.3 Å². The van der Waals surface area contributed by atoms with Crippen LogP contribution in [0.2, 0.25) is 0 Å². The lowest BCUT2D eigenvalue weighted by atomic mass is 9.96. The first kappa shape index (κ1) is 22.0. The van der Waals surface area contributed by atoms with Gasteiger partial charge < -0.3 is 20.3 Å². The quantitative estimate of drug-likeness (QED) is 0.501. The monoisotopic (exact) mass is 397 g/mol. The number of amides is 1. The molecule has 0 aromatic rings. The van der Waals surface area contributed by atoms with Crippen LogP contribution in [0.4, 0.5) is 4.79 Å². The zero-order valence-electron chi connectivity index (χ0n) is 16.1. The summed E-state index contributed by atoms with van der Waals surface area (Å²) in [6.07, 6.45) is 7.34. The van der Waals surface area contributed by atoms with Crippen LogP contribution in [-0.2, 0) is 9.53 Å². The van der Waals surface area contributed by atoms with Crippen LogP contribution in [0.5, 0.6) is 0 Å². The number of carbonyl (C=O) groups is 2. The third-order valence-electron chi connectivity index (χ3n) is 4.97. The molecule has 2 aliphatic heterocycles. The van der Waals surface area contributed by atoms with Gasteiger partial charge in [0, 0.05) is 24.7 Å². The van der Waals surface area contributed by atoms with Crippen molar-refractivity contribution in [1.82, 2.24) is 5.32 Å². The second-order valence-electron chi connectivity index (χ2n) is 7.61. The summed E-state index contributed by atoms with van der Waals surface area (Å²) in [4.78, 5) is 23.6. The van der Waals surface area contributed by atoms with Crippen molar-refractivity contribution in [3.63, 3.8) is 0 Å². The molecular weight excluding hydrogens is 366 g/mol. The van der Waals surface area contributed by atoms with Crippen LogP contribution in [-0.4, -0.2) is 51.5 Å². The van der Waals surface area contributed by atoms with Crippen LogP contribution in [0.3, 0.4) is 0 Å². The molecule has 0 radical (unpaired) electrons. The van der Waals surface area contributed by atoms with Gasteiger partial charge in [-0.05, 0) is 38.5 Å². The third kappa shape index (κ3) is 8.07. The van der Waals surface area contributed by atoms with Crippen molar-refractivity contribution in [3.8, 4) is 0 Å². The normalized spacial score (nSPS) is 35.3. The number of allylic oxidation sites excluding steroid dienone is 3. The summed E-state index contributed by atoms with van der Waals surface area (Å²) in [6.45, 7) is 4.02. The molecule has 0 spiro atoms. The fraction of sp³-hybridized carbons (Fsp3) is 0.700. The highest BCUT2D eigenvalue weighted by Gasteiger charge is 2.31. The molecule has 1 saturated heterocycles. The van der Waals surface area contributed by atoms with Gasteiger partial charge in [-0.2, -0.15) is 0 Å². The second-order valence-corrected chi connectivity index (χ2v) is 8.61. The maximum Gasteiger partial charge on any atom is 0.330 e. The van der Waals surface area contributed by atoms with Crippen LogP contribution in [0, 0.1) is 5.92 Å². The lowest BCUT2D eigenvalue weighted by Crippen LogP contribution is -2.41. The number of cyclic esters (lactones) is 1. The average molecular weight is 398 g/mol. The van der Waals surface area contributed by atoms with Gasteiger partial charge in [-0.3, -0.25) is 4.79 Å². The first-order valence-corrected chi connectivity index (χ1v) is 10.7. The molecule has 0 aromatic heterocycles. The Labute approximate surface area is 165 Å². The second kappa shape index (κ2) is 10.9. The van der Waals surface area contributed by atoms with Gasteiger partial charge in [-0.15, -0.1) is 0 Å². The van der Waals surface area contributed by atoms with Gasteiger partial charge in [0.15, 0.2) is 0 Å². The predicted molar refractivity (Wildman–Crippen MR) is 106 cm³/mol. The zero-order chi connectivity index (χ0) is 19.8. The summed E-state index contributed by atoms with van der Waals surface area (Å²) in [7, 11) is 0. The number of esters is 1. The summed E-state index contributed by atoms with van der Waals surface area (Å²) in [5, 5.41) is 23.4. The van der Waals surface area contributed by atoms with Gasteiger partial charge in [0.2, 0.25) is 0 Å². The molecule has 0 unspecified atom stereocenters. The molecule has 2 heterocycles. The highest BCUT2D eigenvalue weighted by Crippen LogP contribution is 2.22. The maximum absolute atomic E-state index is 12.2. The van der Waals surface area contributed by atoms with E-state index in [4.69, 9.17) is 4.74 Å². The topological polar surface area (TPSA) is 95.9 Å². The van der Waals surface area contributed by atoms with Gasteiger partial charge in [0.25, 0.3) is 5.24 Å². The van der Waals surface area contributed by atoms with Crippen molar-refractivity contribution in [2.24, 2.45) is 5.92 Å². The maximum atomic E-state index is 12.2. The molecule has 0 saturated carbocycles. The molecule has 6 nitrogen and oxygen atoms in total. The first-order valence-electron chi connectivity index (χ1n) is 9.67. The van der Waals surface area contributed by atoms with Crippen molar-refractivity contribution >= 4 is 23.0 Å². The van der Waals surface area contributed by atoms with Gasteiger partial charge >= 0.3 is 5.97 Å². The highest BCUT2D eigenvalue weighted by molar-refractivity contribution is 8.13. The Balaban J connectivity index is 2.04. The van der Waals surface area contributed by atoms with Gasteiger partial charge in [-0.1, -0.05) is 36.4 Å². The van der Waals surface area contributed by atoms with Crippen molar-refractivity contribution < 1.29 is 24.5 Å². The number of thioether (sulfide) groups is 1. The summed E-state index contributed by atoms with van der Waals surface area (Å²) >= 11 is 1.14. The van der Waals surface area contributed by atoms with E-state index in [9.17, 15) is 19.8 Å². The van der Waals surface area contributed by atoms with Gasteiger partial charge in [-0.25, -0.2) is 4.79 Å². The summed E-state index contributed by atoms with van der Waals surface area (Å²) in [5.74, 6) is 0.423. The Morgan fingerprint density at radius 3 is 2.85 bits per heavy atom. The Kier molecular flexibility index (Phi) is 8.86. The first-order chi connectivity index (χ1) is 12.8. The molecule has 1 amide bonds. The fourth-order valence-corrected chi connectivity index (χ4v) is 4.19. The van der Waals surface area contributed by atoms with Gasteiger partial charge in [0.05, 0.1) is 18.2 Å². The van der Waals surface area contributed by atoms with E-state index in [0.29, 0.717) is 18.1 Å². The number of carbonyl (C=O) groups excluding carboxylic acids is 2. The number of ether oxygens (including phenoxy) is 1. The Bertz CT molecular complexity index is 577. The Morgan fingerprint density at radius 1 is 1.37 bits per heavy atom. The minimum absolute atomic E-state index is 0.150. The van der Waals surface area contributed by atoms with Crippen LogP contribution in [0.15, 0.2) is 23.8 Å². The molecule has 0 aliphatic carbocycles. The lowest BCUT2D eigenvalue weighted by molar-refractivity contribution is -0.146. The summed E-state index contributed by atoms with van der Waals surface area (Å²) in [5.41, 5.74) is 0.939. The molecule has 5 atom stereocenters. The van der Waals surface area contributed by atoms with Crippen LogP contribution >= 0.6 is 11.8 Å². The molecule has 0 bridgehead atoms. The molecular formula is C20H31NO5S. The molecule has 2 rings (SSSR count). The van der Waals surface area contributed by atoms with E-state index in [1.165, 1.54) is 6.08 Å². The summed E-state index contributed by atoms with van der Waals surface area (Å²) in [6, 6.07) is -0.353. The number of nitrogens with one attached hydrogen (secondary N) is 1. The van der Waals surface area contributed by atoms with Crippen molar-refractivity contribution in [2.75, 3.05) is 5.75 Å². The number of hydrogen-bond donors (Lipinski definition) is 3. The van der Waals surface area contributed by atoms with E-state index in [-0.39, 0.29) is 24.1 Å². The highest BCUT2D eigenvalue weighted by atomic mass is 32.2. The fourth-order valence-electron chi connectivity index (χ4n) is 3.32. The molecule has 152 valence electrons. The van der Waals surface area contributed by atoms with Crippen molar-refractivity contribution in [2.45, 2.75) is 76.7 Å². The molecule has 1 fully saturated rings. The largest absolute Gasteiger partial charge is 0.459 e. The average Bonchev–Trinajstić information content (AvgIpc) is 3.02. The SMILES string of the molecule is C/C1=C\C(=O)O[C@@H](C[C@H](O)[C@@H]2CSC(=O)N2)C[C@@H](O)CC[C@H](C)/C=C/CC1. The van der Waals surface area contributed by atoms with Crippen LogP contribution in [0.1, 0.15) is 52.4 Å². The van der Waals surface area contributed by atoms with Crippen LogP contribution < -0.4 is 5.32 Å². The van der Waals surface area contributed by atoms with Gasteiger partial charge in [0.1, 0.15) is 6.10 Å². The number of rotatable bonds is 3. The van der Waals surface area contributed by atoms with Crippen molar-refractivity contribution in [3.05, 3.63) is 23.8 Å². The van der Waals surface area contributed by atoms with E-state index in [1.807, 2.05) is 6.92 Å². The Morgan fingerprint density at radius 2 is 2.15 bits per heavy atom. The van der Waals surface area contributed by atoms with Crippen LogP contribution in [0.25, 0.3) is 0 Å². The third-order valence-corrected chi connectivity index (χ3v) is 5.88. The molecule has 27 heavy (non-hydrogen) atoms.